The van der Waals surface area contributed by atoms with Gasteiger partial charge in [0.25, 0.3) is 0 Å². The van der Waals surface area contributed by atoms with Gasteiger partial charge in [-0.25, -0.2) is 18.2 Å². The first-order valence-electron chi connectivity index (χ1n) is 5.30. The van der Waals surface area contributed by atoms with E-state index < -0.39 is 17.5 Å². The molecule has 2 N–H and O–H groups in total. The van der Waals surface area contributed by atoms with E-state index in [1.807, 2.05) is 0 Å². The second-order valence-corrected chi connectivity index (χ2v) is 5.00. The third-order valence-corrected chi connectivity index (χ3v) is 3.76. The molecule has 0 unspecified atom stereocenters. The minimum Gasteiger partial charge on any atom is -0.325 e. The number of hydrogen-bond donors (Lipinski definition) is 1. The molecule has 0 fully saturated rings. The van der Waals surface area contributed by atoms with Gasteiger partial charge in [-0.3, -0.25) is 0 Å². The van der Waals surface area contributed by atoms with Crippen LogP contribution in [-0.4, -0.2) is 4.98 Å². The molecule has 0 amide bonds. The molecule has 0 radical (unpaired) electrons. The lowest BCUT2D eigenvalue weighted by molar-refractivity contribution is 0.442. The van der Waals surface area contributed by atoms with Crippen molar-refractivity contribution >= 4 is 11.3 Å². The molecular weight excluding hydrogens is 261 g/mol. The van der Waals surface area contributed by atoms with E-state index in [-0.39, 0.29) is 12.0 Å². The van der Waals surface area contributed by atoms with Gasteiger partial charge >= 0.3 is 0 Å². The normalized spacial score (nSPS) is 10.9. The molecule has 1 heterocycles. The average Bonchev–Trinajstić information content (AvgIpc) is 2.71. The Bertz CT molecular complexity index is 581. The summed E-state index contributed by atoms with van der Waals surface area (Å²) in [6.45, 7) is 2.09. The Kier molecular flexibility index (Phi) is 3.68. The van der Waals surface area contributed by atoms with Crippen molar-refractivity contribution in [1.82, 2.24) is 4.98 Å². The zero-order valence-corrected chi connectivity index (χ0v) is 10.5. The first-order chi connectivity index (χ1) is 8.52. The van der Waals surface area contributed by atoms with E-state index in [2.05, 4.69) is 4.98 Å². The molecule has 1 aromatic heterocycles. The van der Waals surface area contributed by atoms with E-state index in [4.69, 9.17) is 5.73 Å². The molecule has 0 aliphatic heterocycles. The van der Waals surface area contributed by atoms with Crippen molar-refractivity contribution < 1.29 is 13.2 Å². The van der Waals surface area contributed by atoms with Gasteiger partial charge in [0.1, 0.15) is 5.01 Å². The number of aryl methyl sites for hydroxylation is 1. The summed E-state index contributed by atoms with van der Waals surface area (Å²) in [4.78, 5) is 5.00. The molecule has 0 saturated heterocycles. The Morgan fingerprint density at radius 1 is 1.22 bits per heavy atom. The van der Waals surface area contributed by atoms with Crippen LogP contribution in [0.15, 0.2) is 12.1 Å². The predicted molar refractivity (Wildman–Crippen MR) is 63.9 cm³/mol. The summed E-state index contributed by atoms with van der Waals surface area (Å²) in [7, 11) is 0. The number of nitrogens with zero attached hydrogens (tertiary/aromatic N) is 1. The molecule has 2 aromatic rings. The summed E-state index contributed by atoms with van der Waals surface area (Å²) < 4.78 is 39.4. The van der Waals surface area contributed by atoms with Crippen LogP contribution in [0.25, 0.3) is 0 Å². The SMILES string of the molecule is Cc1nc(CN)sc1Cc1ccc(F)c(F)c1F. The van der Waals surface area contributed by atoms with Gasteiger partial charge in [-0.1, -0.05) is 6.07 Å². The van der Waals surface area contributed by atoms with Crippen LogP contribution < -0.4 is 5.73 Å². The van der Waals surface area contributed by atoms with Gasteiger partial charge in [-0.15, -0.1) is 11.3 Å². The molecule has 6 heteroatoms. The highest BCUT2D eigenvalue weighted by Gasteiger charge is 2.15. The third kappa shape index (κ3) is 2.39. The second kappa shape index (κ2) is 5.07. The van der Waals surface area contributed by atoms with E-state index in [1.165, 1.54) is 17.4 Å². The molecule has 0 bridgehead atoms. The van der Waals surface area contributed by atoms with Crippen molar-refractivity contribution in [2.45, 2.75) is 19.9 Å². The zero-order valence-electron chi connectivity index (χ0n) is 9.64. The highest BCUT2D eigenvalue weighted by molar-refractivity contribution is 7.11. The molecule has 0 aliphatic rings. The summed E-state index contributed by atoms with van der Waals surface area (Å²) >= 11 is 1.35. The largest absolute Gasteiger partial charge is 0.325 e. The number of rotatable bonds is 3. The van der Waals surface area contributed by atoms with E-state index >= 15 is 0 Å². The maximum atomic E-state index is 13.5. The van der Waals surface area contributed by atoms with Crippen LogP contribution in [0.2, 0.25) is 0 Å². The fourth-order valence-corrected chi connectivity index (χ4v) is 2.59. The fourth-order valence-electron chi connectivity index (χ4n) is 1.61. The molecule has 18 heavy (non-hydrogen) atoms. The van der Waals surface area contributed by atoms with Crippen LogP contribution in [-0.2, 0) is 13.0 Å². The van der Waals surface area contributed by atoms with Crippen molar-refractivity contribution in [2.75, 3.05) is 0 Å². The number of aromatic nitrogens is 1. The van der Waals surface area contributed by atoms with Gasteiger partial charge in [0, 0.05) is 17.8 Å². The first kappa shape index (κ1) is 13.0. The minimum atomic E-state index is -1.44. The molecule has 2 rings (SSSR count). The summed E-state index contributed by atoms with van der Waals surface area (Å²) in [6.07, 6.45) is 0.187. The van der Waals surface area contributed by atoms with Gasteiger partial charge in [0.05, 0.1) is 5.69 Å². The number of benzene rings is 1. The Morgan fingerprint density at radius 3 is 2.56 bits per heavy atom. The highest BCUT2D eigenvalue weighted by atomic mass is 32.1. The van der Waals surface area contributed by atoms with Crippen LogP contribution >= 0.6 is 11.3 Å². The third-order valence-electron chi connectivity index (χ3n) is 2.58. The Labute approximate surface area is 106 Å². The Hall–Kier alpha value is -1.40. The predicted octanol–water partition coefficient (Wildman–Crippen LogP) is 2.92. The molecule has 0 spiro atoms. The Balaban J connectivity index is 2.34. The lowest BCUT2D eigenvalue weighted by atomic mass is 10.1. The standard InChI is InChI=1S/C12H11F3N2S/c1-6-9(18-10(5-16)17-6)4-7-2-3-8(13)12(15)11(7)14/h2-3H,4-5,16H2,1H3. The number of thiazole rings is 1. The number of halogens is 3. The summed E-state index contributed by atoms with van der Waals surface area (Å²) in [5.74, 6) is -3.76. The van der Waals surface area contributed by atoms with Crippen LogP contribution in [0.1, 0.15) is 21.1 Å². The molecule has 0 saturated carbocycles. The van der Waals surface area contributed by atoms with Gasteiger partial charge in [0.2, 0.25) is 0 Å². The van der Waals surface area contributed by atoms with E-state index in [1.54, 1.807) is 6.92 Å². The molecule has 0 aliphatic carbocycles. The molecular formula is C12H11F3N2S. The van der Waals surface area contributed by atoms with Crippen LogP contribution in [0.4, 0.5) is 13.2 Å². The van der Waals surface area contributed by atoms with Crippen molar-refractivity contribution in [2.24, 2.45) is 5.73 Å². The van der Waals surface area contributed by atoms with Gasteiger partial charge in [-0.05, 0) is 18.6 Å². The molecule has 1 aromatic carbocycles. The second-order valence-electron chi connectivity index (χ2n) is 3.83. The smallest absolute Gasteiger partial charge is 0.194 e. The van der Waals surface area contributed by atoms with Crippen LogP contribution in [0.5, 0.6) is 0 Å². The van der Waals surface area contributed by atoms with Crippen molar-refractivity contribution in [3.8, 4) is 0 Å². The lowest BCUT2D eigenvalue weighted by Crippen LogP contribution is -1.98. The van der Waals surface area contributed by atoms with Crippen LogP contribution in [0.3, 0.4) is 0 Å². The molecule has 2 nitrogen and oxygen atoms in total. The molecule has 96 valence electrons. The monoisotopic (exact) mass is 272 g/mol. The molecule has 0 atom stereocenters. The maximum absolute atomic E-state index is 13.5. The van der Waals surface area contributed by atoms with Crippen molar-refractivity contribution in [3.63, 3.8) is 0 Å². The van der Waals surface area contributed by atoms with E-state index in [0.717, 1.165) is 21.6 Å². The van der Waals surface area contributed by atoms with Gasteiger partial charge in [0.15, 0.2) is 17.5 Å². The topological polar surface area (TPSA) is 38.9 Å². The highest BCUT2D eigenvalue weighted by Crippen LogP contribution is 2.24. The van der Waals surface area contributed by atoms with E-state index in [0.29, 0.717) is 6.54 Å². The lowest BCUT2D eigenvalue weighted by Gasteiger charge is -2.03. The van der Waals surface area contributed by atoms with Gasteiger partial charge < -0.3 is 5.73 Å². The summed E-state index contributed by atoms with van der Waals surface area (Å²) in [5.41, 5.74) is 6.32. The Morgan fingerprint density at radius 2 is 1.94 bits per heavy atom. The van der Waals surface area contributed by atoms with Crippen molar-refractivity contribution in [1.29, 1.82) is 0 Å². The zero-order chi connectivity index (χ0) is 13.3. The average molecular weight is 272 g/mol. The maximum Gasteiger partial charge on any atom is 0.194 e. The minimum absolute atomic E-state index is 0.115. The van der Waals surface area contributed by atoms with E-state index in [9.17, 15) is 13.2 Å². The fraction of sp³-hybridized carbons (Fsp3) is 0.250. The first-order valence-corrected chi connectivity index (χ1v) is 6.12. The number of hydrogen-bond acceptors (Lipinski definition) is 3. The quantitative estimate of drug-likeness (QED) is 0.873. The summed E-state index contributed by atoms with van der Waals surface area (Å²) in [6, 6.07) is 2.17. The summed E-state index contributed by atoms with van der Waals surface area (Å²) in [5, 5.41) is 0.741. The number of nitrogens with two attached hydrogens (primary N) is 1. The van der Waals surface area contributed by atoms with Gasteiger partial charge in [-0.2, -0.15) is 0 Å². The van der Waals surface area contributed by atoms with Crippen molar-refractivity contribution in [3.05, 3.63) is 50.7 Å². The van der Waals surface area contributed by atoms with Crippen LogP contribution in [0, 0.1) is 24.4 Å².